The highest BCUT2D eigenvalue weighted by Crippen LogP contribution is 2.69. The summed E-state index contributed by atoms with van der Waals surface area (Å²) in [6.45, 7) is 8.61. The number of benzene rings is 1. The molecule has 4 fully saturated rings. The first-order valence-corrected chi connectivity index (χ1v) is 12.2. The van der Waals surface area contributed by atoms with Crippen LogP contribution in [-0.2, 0) is 11.2 Å². The molecule has 3 heteroatoms. The lowest BCUT2D eigenvalue weighted by molar-refractivity contribution is -0.153. The van der Waals surface area contributed by atoms with Gasteiger partial charge in [0.25, 0.3) is 0 Å². The standard InChI is InChI=1S/C26H37NO2/c1-15-12-23-24(27-14-15)16(2)26(29-23)11-9-22-21-6-4-17-13-18(28)5-7-19(17)20(21)8-10-25(22,26)3/h5,7,13,15-16,20-24,27-28H,4,6,8-12,14H2,1-3H3/t15-,16+,20+,21+,22-,23+,24-,25-,26+/m0/s1. The van der Waals surface area contributed by atoms with E-state index in [1.165, 1.54) is 49.7 Å². The summed E-state index contributed by atoms with van der Waals surface area (Å²) in [5.41, 5.74) is 3.32. The molecule has 2 aliphatic heterocycles. The first kappa shape index (κ1) is 18.7. The number of nitrogens with one attached hydrogen (secondary N) is 1. The van der Waals surface area contributed by atoms with Crippen LogP contribution in [0.3, 0.4) is 0 Å². The maximum atomic E-state index is 9.94. The minimum atomic E-state index is 0.0737. The SMILES string of the molecule is C[C@@H]1CN[C@H]2[C@@H](C)[C@@]3(CC[C@H]4[C@@H]5CCc6cc(O)ccc6[C@H]5CC[C@@]43C)O[C@@H]2C1. The van der Waals surface area contributed by atoms with Gasteiger partial charge in [-0.1, -0.05) is 26.8 Å². The molecule has 5 aliphatic rings. The Bertz CT molecular complexity index is 823. The van der Waals surface area contributed by atoms with Crippen molar-refractivity contribution in [1.29, 1.82) is 0 Å². The molecule has 0 radical (unpaired) electrons. The summed E-state index contributed by atoms with van der Waals surface area (Å²) in [7, 11) is 0. The average molecular weight is 396 g/mol. The number of hydrogen-bond acceptors (Lipinski definition) is 3. The van der Waals surface area contributed by atoms with Crippen LogP contribution in [0.4, 0.5) is 0 Å². The van der Waals surface area contributed by atoms with Crippen LogP contribution in [0, 0.1) is 29.1 Å². The van der Waals surface area contributed by atoms with Crippen molar-refractivity contribution in [2.24, 2.45) is 29.1 Å². The first-order valence-electron chi connectivity index (χ1n) is 12.2. The molecule has 3 nitrogen and oxygen atoms in total. The predicted molar refractivity (Wildman–Crippen MR) is 115 cm³/mol. The summed E-state index contributed by atoms with van der Waals surface area (Å²) >= 11 is 0. The molecule has 0 unspecified atom stereocenters. The van der Waals surface area contributed by atoms with Crippen molar-refractivity contribution in [2.45, 2.75) is 89.4 Å². The number of aromatic hydroxyl groups is 1. The van der Waals surface area contributed by atoms with Gasteiger partial charge in [-0.2, -0.15) is 0 Å². The number of phenols is 1. The fourth-order valence-corrected chi connectivity index (χ4v) is 8.93. The lowest BCUT2D eigenvalue weighted by Gasteiger charge is -2.55. The maximum Gasteiger partial charge on any atom is 0.115 e. The molecule has 2 N–H and O–H groups in total. The molecule has 1 aromatic carbocycles. The largest absolute Gasteiger partial charge is 0.508 e. The predicted octanol–water partition coefficient (Wildman–Crippen LogP) is 5.02. The molecule has 0 aromatic heterocycles. The van der Waals surface area contributed by atoms with Crippen molar-refractivity contribution >= 4 is 0 Å². The number of aryl methyl sites for hydroxylation is 1. The van der Waals surface area contributed by atoms with Crippen molar-refractivity contribution in [2.75, 3.05) is 6.54 Å². The van der Waals surface area contributed by atoms with E-state index in [0.29, 0.717) is 35.1 Å². The second kappa shape index (κ2) is 6.23. The molecule has 3 aliphatic carbocycles. The van der Waals surface area contributed by atoms with Gasteiger partial charge in [-0.05, 0) is 98.4 Å². The first-order chi connectivity index (χ1) is 13.9. The van der Waals surface area contributed by atoms with Gasteiger partial charge in [0.1, 0.15) is 5.75 Å². The quantitative estimate of drug-likeness (QED) is 0.648. The molecular formula is C26H37NO2. The Labute approximate surface area is 175 Å². The summed E-state index contributed by atoms with van der Waals surface area (Å²) in [4.78, 5) is 0. The Morgan fingerprint density at radius 3 is 2.86 bits per heavy atom. The van der Waals surface area contributed by atoms with Gasteiger partial charge in [-0.15, -0.1) is 0 Å². The minimum Gasteiger partial charge on any atom is -0.508 e. The van der Waals surface area contributed by atoms with Gasteiger partial charge in [0.2, 0.25) is 0 Å². The van der Waals surface area contributed by atoms with E-state index in [2.05, 4.69) is 32.2 Å². The number of hydrogen-bond donors (Lipinski definition) is 2. The van der Waals surface area contributed by atoms with Crippen molar-refractivity contribution in [3.05, 3.63) is 29.3 Å². The van der Waals surface area contributed by atoms with Crippen LogP contribution < -0.4 is 5.32 Å². The van der Waals surface area contributed by atoms with Crippen molar-refractivity contribution in [1.82, 2.24) is 5.32 Å². The Morgan fingerprint density at radius 2 is 2.00 bits per heavy atom. The zero-order chi connectivity index (χ0) is 20.0. The highest BCUT2D eigenvalue weighted by atomic mass is 16.5. The van der Waals surface area contributed by atoms with Crippen LogP contribution in [0.5, 0.6) is 5.75 Å². The van der Waals surface area contributed by atoms with Crippen LogP contribution in [0.15, 0.2) is 18.2 Å². The van der Waals surface area contributed by atoms with E-state index in [4.69, 9.17) is 4.74 Å². The van der Waals surface area contributed by atoms with Crippen molar-refractivity contribution < 1.29 is 9.84 Å². The van der Waals surface area contributed by atoms with E-state index in [1.54, 1.807) is 0 Å². The van der Waals surface area contributed by atoms with E-state index in [1.807, 2.05) is 12.1 Å². The molecular weight excluding hydrogens is 358 g/mol. The van der Waals surface area contributed by atoms with Crippen LogP contribution in [-0.4, -0.2) is 29.4 Å². The third-order valence-electron chi connectivity index (χ3n) is 10.3. The average Bonchev–Trinajstić information content (AvgIpc) is 3.16. The summed E-state index contributed by atoms with van der Waals surface area (Å²) in [6.07, 6.45) is 9.23. The van der Waals surface area contributed by atoms with E-state index in [0.717, 1.165) is 30.7 Å². The van der Waals surface area contributed by atoms with Gasteiger partial charge >= 0.3 is 0 Å². The number of piperidine rings is 1. The third kappa shape index (κ3) is 2.38. The topological polar surface area (TPSA) is 41.5 Å². The lowest BCUT2D eigenvalue weighted by Crippen LogP contribution is -2.55. The van der Waals surface area contributed by atoms with Crippen LogP contribution in [0.2, 0.25) is 0 Å². The highest BCUT2D eigenvalue weighted by molar-refractivity contribution is 5.40. The molecule has 158 valence electrons. The van der Waals surface area contributed by atoms with Gasteiger partial charge in [-0.25, -0.2) is 0 Å². The van der Waals surface area contributed by atoms with Gasteiger partial charge in [0.15, 0.2) is 0 Å². The summed E-state index contributed by atoms with van der Waals surface area (Å²) in [5, 5.41) is 13.8. The van der Waals surface area contributed by atoms with Crippen LogP contribution >= 0.6 is 0 Å². The molecule has 1 spiro atoms. The zero-order valence-electron chi connectivity index (χ0n) is 18.3. The van der Waals surface area contributed by atoms with Crippen molar-refractivity contribution in [3.63, 3.8) is 0 Å². The van der Waals surface area contributed by atoms with Gasteiger partial charge in [0, 0.05) is 17.4 Å². The smallest absolute Gasteiger partial charge is 0.115 e. The monoisotopic (exact) mass is 395 g/mol. The second-order valence-corrected chi connectivity index (χ2v) is 11.4. The number of ether oxygens (including phenoxy) is 1. The molecule has 2 heterocycles. The zero-order valence-corrected chi connectivity index (χ0v) is 18.3. The third-order valence-corrected chi connectivity index (χ3v) is 10.3. The highest BCUT2D eigenvalue weighted by Gasteiger charge is 2.69. The van der Waals surface area contributed by atoms with Gasteiger partial charge < -0.3 is 15.2 Å². The molecule has 6 rings (SSSR count). The van der Waals surface area contributed by atoms with E-state index in [9.17, 15) is 5.11 Å². The minimum absolute atomic E-state index is 0.0737. The summed E-state index contributed by atoms with van der Waals surface area (Å²) in [6, 6.07) is 6.71. The fourth-order valence-electron chi connectivity index (χ4n) is 8.93. The Kier molecular flexibility index (Phi) is 4.02. The molecule has 2 saturated heterocycles. The van der Waals surface area contributed by atoms with Gasteiger partial charge in [0.05, 0.1) is 11.7 Å². The van der Waals surface area contributed by atoms with E-state index < -0.39 is 0 Å². The molecule has 9 atom stereocenters. The van der Waals surface area contributed by atoms with E-state index in [-0.39, 0.29) is 5.60 Å². The molecule has 1 aromatic rings. The Balaban J connectivity index is 1.33. The van der Waals surface area contributed by atoms with Crippen molar-refractivity contribution in [3.8, 4) is 5.75 Å². The molecule has 0 amide bonds. The molecule has 2 saturated carbocycles. The van der Waals surface area contributed by atoms with Crippen LogP contribution in [0.25, 0.3) is 0 Å². The Morgan fingerprint density at radius 1 is 1.14 bits per heavy atom. The van der Waals surface area contributed by atoms with Gasteiger partial charge in [-0.3, -0.25) is 0 Å². The lowest BCUT2D eigenvalue weighted by atomic mass is 9.52. The van der Waals surface area contributed by atoms with E-state index >= 15 is 0 Å². The normalized spacial score (nSPS) is 50.7. The number of phenolic OH excluding ortho intramolecular Hbond substituents is 1. The molecule has 29 heavy (non-hydrogen) atoms. The number of fused-ring (bicyclic) bond motifs is 7. The molecule has 0 bridgehead atoms. The summed E-state index contributed by atoms with van der Waals surface area (Å²) in [5.74, 6) is 4.02. The fraction of sp³-hybridized carbons (Fsp3) is 0.769. The second-order valence-electron chi connectivity index (χ2n) is 11.4. The summed E-state index contributed by atoms with van der Waals surface area (Å²) < 4.78 is 7.14. The number of rotatable bonds is 0. The maximum absolute atomic E-state index is 9.94. The Hall–Kier alpha value is -1.06. The van der Waals surface area contributed by atoms with Crippen LogP contribution in [0.1, 0.15) is 76.3 Å².